The van der Waals surface area contributed by atoms with Crippen LogP contribution in [-0.2, 0) is 9.53 Å². The lowest BCUT2D eigenvalue weighted by Gasteiger charge is -2.06. The van der Waals surface area contributed by atoms with Gasteiger partial charge in [0.2, 0.25) is 0 Å². The molecule has 0 unspecified atom stereocenters. The van der Waals surface area contributed by atoms with E-state index in [9.17, 15) is 4.79 Å². The SMILES string of the molecule is COC(=O)[C@@H](CCSC)N=[N+]=[N-]. The number of azide groups is 1. The number of hydrogen-bond acceptors (Lipinski definition) is 4. The Balaban J connectivity index is 4.03. The van der Waals surface area contributed by atoms with Gasteiger partial charge < -0.3 is 4.74 Å². The maximum Gasteiger partial charge on any atom is 0.314 e. The fourth-order valence-electron chi connectivity index (χ4n) is 0.651. The average Bonchev–Trinajstić information content (AvgIpc) is 2.11. The van der Waals surface area contributed by atoms with Crippen LogP contribution in [0.2, 0.25) is 0 Å². The van der Waals surface area contributed by atoms with Crippen molar-refractivity contribution >= 4 is 17.7 Å². The zero-order valence-electron chi connectivity index (χ0n) is 7.06. The monoisotopic (exact) mass is 189 g/mol. The number of thioether (sulfide) groups is 1. The summed E-state index contributed by atoms with van der Waals surface area (Å²) in [6.07, 6.45) is 2.45. The van der Waals surface area contributed by atoms with E-state index in [4.69, 9.17) is 5.53 Å². The first-order valence-corrected chi connectivity index (χ1v) is 4.76. The topological polar surface area (TPSA) is 75.1 Å². The third-order valence-corrected chi connectivity index (χ3v) is 1.90. The molecule has 0 aliphatic carbocycles. The molecule has 0 aliphatic rings. The van der Waals surface area contributed by atoms with Crippen molar-refractivity contribution in [1.82, 2.24) is 0 Å². The summed E-state index contributed by atoms with van der Waals surface area (Å²) < 4.78 is 4.45. The van der Waals surface area contributed by atoms with Gasteiger partial charge in [0.1, 0.15) is 6.04 Å². The molecule has 0 aromatic carbocycles. The molecule has 0 bridgehead atoms. The number of methoxy groups -OCH3 is 1. The van der Waals surface area contributed by atoms with Gasteiger partial charge in [0, 0.05) is 4.91 Å². The predicted octanol–water partition coefficient (Wildman–Crippen LogP) is 1.59. The van der Waals surface area contributed by atoms with Gasteiger partial charge in [-0.25, -0.2) is 0 Å². The van der Waals surface area contributed by atoms with Gasteiger partial charge in [0.05, 0.1) is 7.11 Å². The standard InChI is InChI=1S/C6H11N3O2S/c1-11-6(10)5(8-9-7)3-4-12-2/h5H,3-4H2,1-2H3/t5-/m1/s1. The first-order chi connectivity index (χ1) is 5.76. The molecule has 0 spiro atoms. The molecule has 0 saturated heterocycles. The molecular weight excluding hydrogens is 178 g/mol. The Labute approximate surface area is 75.1 Å². The Hall–Kier alpha value is -0.870. The third-order valence-electron chi connectivity index (χ3n) is 1.26. The fourth-order valence-corrected chi connectivity index (χ4v) is 1.11. The van der Waals surface area contributed by atoms with Crippen LogP contribution in [0, 0.1) is 0 Å². The van der Waals surface area contributed by atoms with E-state index >= 15 is 0 Å². The number of rotatable bonds is 5. The minimum Gasteiger partial charge on any atom is -0.469 e. The summed E-state index contributed by atoms with van der Waals surface area (Å²) in [6.45, 7) is 0. The zero-order valence-corrected chi connectivity index (χ0v) is 7.87. The summed E-state index contributed by atoms with van der Waals surface area (Å²) >= 11 is 1.59. The van der Waals surface area contributed by atoms with Gasteiger partial charge in [0.25, 0.3) is 0 Å². The molecule has 6 heteroatoms. The lowest BCUT2D eigenvalue weighted by atomic mass is 10.2. The molecule has 0 aromatic rings. The Kier molecular flexibility index (Phi) is 6.32. The number of esters is 1. The van der Waals surface area contributed by atoms with Crippen LogP contribution in [0.4, 0.5) is 0 Å². The minimum absolute atomic E-state index is 0.471. The van der Waals surface area contributed by atoms with E-state index in [0.717, 1.165) is 5.75 Å². The van der Waals surface area contributed by atoms with E-state index in [-0.39, 0.29) is 0 Å². The van der Waals surface area contributed by atoms with E-state index < -0.39 is 12.0 Å². The summed E-state index contributed by atoms with van der Waals surface area (Å²) in [6, 6.07) is -0.674. The van der Waals surface area contributed by atoms with Crippen molar-refractivity contribution in [1.29, 1.82) is 0 Å². The first-order valence-electron chi connectivity index (χ1n) is 3.37. The highest BCUT2D eigenvalue weighted by atomic mass is 32.2. The van der Waals surface area contributed by atoms with Crippen LogP contribution in [0.3, 0.4) is 0 Å². The van der Waals surface area contributed by atoms with Gasteiger partial charge in [-0.3, -0.25) is 4.79 Å². The zero-order chi connectivity index (χ0) is 9.40. The molecule has 0 aromatic heterocycles. The fraction of sp³-hybridized carbons (Fsp3) is 0.833. The molecule has 0 N–H and O–H groups in total. The molecule has 5 nitrogen and oxygen atoms in total. The van der Waals surface area contributed by atoms with E-state index in [0.29, 0.717) is 6.42 Å². The van der Waals surface area contributed by atoms with Gasteiger partial charge in [-0.05, 0) is 24.0 Å². The van der Waals surface area contributed by atoms with Crippen LogP contribution in [0.15, 0.2) is 5.11 Å². The highest BCUT2D eigenvalue weighted by molar-refractivity contribution is 7.98. The molecular formula is C6H11N3O2S. The van der Waals surface area contributed by atoms with Gasteiger partial charge >= 0.3 is 5.97 Å². The molecule has 0 heterocycles. The Morgan fingerprint density at radius 3 is 2.92 bits per heavy atom. The molecule has 0 saturated carbocycles. The lowest BCUT2D eigenvalue weighted by molar-refractivity contribution is -0.142. The number of ether oxygens (including phenoxy) is 1. The average molecular weight is 189 g/mol. The predicted molar refractivity (Wildman–Crippen MR) is 47.9 cm³/mol. The summed E-state index contributed by atoms with van der Waals surface area (Å²) in [7, 11) is 1.28. The number of carbonyl (C=O) groups is 1. The summed E-state index contributed by atoms with van der Waals surface area (Å²) in [5.74, 6) is 0.306. The van der Waals surface area contributed by atoms with Crippen LogP contribution in [-0.4, -0.2) is 31.1 Å². The maximum atomic E-state index is 10.9. The lowest BCUT2D eigenvalue weighted by Crippen LogP contribution is -2.20. The maximum absolute atomic E-state index is 10.9. The van der Waals surface area contributed by atoms with Crippen LogP contribution in [0.25, 0.3) is 10.4 Å². The van der Waals surface area contributed by atoms with Crippen molar-refractivity contribution in [3.63, 3.8) is 0 Å². The van der Waals surface area contributed by atoms with Crippen LogP contribution in [0.1, 0.15) is 6.42 Å². The molecule has 68 valence electrons. The number of hydrogen-bond donors (Lipinski definition) is 0. The van der Waals surface area contributed by atoms with Gasteiger partial charge in [-0.1, -0.05) is 5.11 Å². The van der Waals surface area contributed by atoms with E-state index in [2.05, 4.69) is 14.8 Å². The molecule has 0 fully saturated rings. The van der Waals surface area contributed by atoms with Crippen molar-refractivity contribution < 1.29 is 9.53 Å². The van der Waals surface area contributed by atoms with Crippen LogP contribution < -0.4 is 0 Å². The first kappa shape index (κ1) is 11.1. The third kappa shape index (κ3) is 4.10. The molecule has 0 rings (SSSR count). The second-order valence-electron chi connectivity index (χ2n) is 2.03. The second-order valence-corrected chi connectivity index (χ2v) is 3.01. The Bertz CT molecular complexity index is 191. The van der Waals surface area contributed by atoms with Crippen molar-refractivity contribution in [3.8, 4) is 0 Å². The molecule has 0 aliphatic heterocycles. The van der Waals surface area contributed by atoms with Crippen molar-refractivity contribution in [2.24, 2.45) is 5.11 Å². The summed E-state index contributed by atoms with van der Waals surface area (Å²) in [5.41, 5.74) is 8.12. The van der Waals surface area contributed by atoms with Crippen LogP contribution in [0.5, 0.6) is 0 Å². The second kappa shape index (κ2) is 6.82. The van der Waals surface area contributed by atoms with E-state index in [1.807, 2.05) is 6.26 Å². The Morgan fingerprint density at radius 2 is 2.50 bits per heavy atom. The highest BCUT2D eigenvalue weighted by Crippen LogP contribution is 2.05. The minimum atomic E-state index is -0.674. The normalized spacial score (nSPS) is 11.5. The van der Waals surface area contributed by atoms with Crippen LogP contribution >= 0.6 is 11.8 Å². The quantitative estimate of drug-likeness (QED) is 0.285. The molecule has 1 atom stereocenters. The summed E-state index contributed by atoms with van der Waals surface area (Å²) in [5, 5.41) is 3.33. The number of nitrogens with zero attached hydrogens (tertiary/aromatic N) is 3. The largest absolute Gasteiger partial charge is 0.469 e. The molecule has 0 amide bonds. The van der Waals surface area contributed by atoms with Crippen molar-refractivity contribution in [2.45, 2.75) is 12.5 Å². The molecule has 0 radical (unpaired) electrons. The van der Waals surface area contributed by atoms with Gasteiger partial charge in [0.15, 0.2) is 0 Å². The van der Waals surface area contributed by atoms with Gasteiger partial charge in [-0.2, -0.15) is 11.8 Å². The van der Waals surface area contributed by atoms with Crippen molar-refractivity contribution in [3.05, 3.63) is 10.4 Å². The molecule has 12 heavy (non-hydrogen) atoms. The smallest absolute Gasteiger partial charge is 0.314 e. The number of carbonyl (C=O) groups excluding carboxylic acids is 1. The highest BCUT2D eigenvalue weighted by Gasteiger charge is 2.15. The van der Waals surface area contributed by atoms with Gasteiger partial charge in [-0.15, -0.1) is 0 Å². The van der Waals surface area contributed by atoms with E-state index in [1.54, 1.807) is 11.8 Å². The summed E-state index contributed by atoms with van der Waals surface area (Å²) in [4.78, 5) is 13.5. The Morgan fingerprint density at radius 1 is 1.83 bits per heavy atom. The van der Waals surface area contributed by atoms with Crippen molar-refractivity contribution in [2.75, 3.05) is 19.1 Å². The van der Waals surface area contributed by atoms with E-state index in [1.165, 1.54) is 7.11 Å².